The average molecular weight is 357 g/mol. The molecule has 0 aromatic heterocycles. The summed E-state index contributed by atoms with van der Waals surface area (Å²) >= 11 is 0. The summed E-state index contributed by atoms with van der Waals surface area (Å²) in [5.74, 6) is 1.12. The molecule has 1 saturated heterocycles. The van der Waals surface area contributed by atoms with Crippen LogP contribution in [0.5, 0.6) is 0 Å². The largest absolute Gasteiger partial charge is 0.341 e. The zero-order valence-electron chi connectivity index (χ0n) is 16.1. The highest BCUT2D eigenvalue weighted by Crippen LogP contribution is 2.27. The molecule has 3 rings (SSSR count). The van der Waals surface area contributed by atoms with Gasteiger partial charge in [0, 0.05) is 38.2 Å². The molecule has 1 saturated carbocycles. The lowest BCUT2D eigenvalue weighted by molar-refractivity contribution is -0.131. The van der Waals surface area contributed by atoms with Crippen molar-refractivity contribution in [2.45, 2.75) is 58.3 Å². The number of aryl methyl sites for hydroxylation is 1. The van der Waals surface area contributed by atoms with Gasteiger partial charge < -0.3 is 9.80 Å². The minimum absolute atomic E-state index is 0.0882. The Bertz CT molecular complexity index is 622. The van der Waals surface area contributed by atoms with E-state index < -0.39 is 0 Å². The molecule has 4 heteroatoms. The van der Waals surface area contributed by atoms with E-state index in [1.807, 2.05) is 41.0 Å². The van der Waals surface area contributed by atoms with Gasteiger partial charge in [-0.05, 0) is 37.8 Å². The number of hydrogen-bond donors (Lipinski definition) is 0. The van der Waals surface area contributed by atoms with Crippen molar-refractivity contribution in [2.24, 2.45) is 5.92 Å². The first-order valence-electron chi connectivity index (χ1n) is 10.3. The highest BCUT2D eigenvalue weighted by molar-refractivity contribution is 5.94. The Morgan fingerprint density at radius 2 is 1.69 bits per heavy atom. The maximum absolute atomic E-state index is 12.7. The van der Waals surface area contributed by atoms with Crippen molar-refractivity contribution in [3.63, 3.8) is 0 Å². The van der Waals surface area contributed by atoms with Gasteiger partial charge in [0.1, 0.15) is 0 Å². The molecule has 142 valence electrons. The molecule has 2 aliphatic rings. The van der Waals surface area contributed by atoms with Crippen molar-refractivity contribution in [3.8, 4) is 0 Å². The lowest BCUT2D eigenvalue weighted by Crippen LogP contribution is -2.37. The molecular weight excluding hydrogens is 324 g/mol. The van der Waals surface area contributed by atoms with Crippen LogP contribution in [0, 0.1) is 12.8 Å². The molecule has 1 heterocycles. The van der Waals surface area contributed by atoms with Crippen LogP contribution in [-0.4, -0.2) is 47.8 Å². The zero-order valence-corrected chi connectivity index (χ0v) is 16.1. The van der Waals surface area contributed by atoms with E-state index in [1.54, 1.807) is 0 Å². The first-order chi connectivity index (χ1) is 12.6. The van der Waals surface area contributed by atoms with E-state index in [9.17, 15) is 9.59 Å². The van der Waals surface area contributed by atoms with Crippen molar-refractivity contribution in [1.29, 1.82) is 0 Å². The summed E-state index contributed by atoms with van der Waals surface area (Å²) in [6.45, 7) is 4.83. The van der Waals surface area contributed by atoms with Crippen LogP contribution in [0.3, 0.4) is 0 Å². The van der Waals surface area contributed by atoms with Gasteiger partial charge in [-0.25, -0.2) is 0 Å². The summed E-state index contributed by atoms with van der Waals surface area (Å²) in [6, 6.07) is 7.76. The predicted octanol–water partition coefficient (Wildman–Crippen LogP) is 4.03. The second-order valence-electron chi connectivity index (χ2n) is 7.94. The van der Waals surface area contributed by atoms with Crippen LogP contribution in [0.2, 0.25) is 0 Å². The van der Waals surface area contributed by atoms with Crippen LogP contribution in [-0.2, 0) is 4.79 Å². The molecular formula is C22H32N2O2. The van der Waals surface area contributed by atoms with Crippen molar-refractivity contribution < 1.29 is 9.59 Å². The molecule has 0 radical (unpaired) electrons. The van der Waals surface area contributed by atoms with Gasteiger partial charge in [-0.15, -0.1) is 0 Å². The third-order valence-electron chi connectivity index (χ3n) is 5.89. The van der Waals surface area contributed by atoms with Gasteiger partial charge in [-0.3, -0.25) is 9.59 Å². The standard InChI is InChI=1S/C22H32N2O2/c1-18-7-5-10-20(17-18)22(26)24-14-6-13-23(15-16-24)21(25)12-11-19-8-3-2-4-9-19/h5,7,10,17,19H,2-4,6,8-9,11-16H2,1H3. The number of carbonyl (C=O) groups excluding carboxylic acids is 2. The Morgan fingerprint density at radius 1 is 0.962 bits per heavy atom. The molecule has 4 nitrogen and oxygen atoms in total. The van der Waals surface area contributed by atoms with Crippen LogP contribution < -0.4 is 0 Å². The topological polar surface area (TPSA) is 40.6 Å². The van der Waals surface area contributed by atoms with E-state index in [0.717, 1.165) is 43.0 Å². The highest BCUT2D eigenvalue weighted by Gasteiger charge is 2.23. The van der Waals surface area contributed by atoms with Gasteiger partial charge in [-0.2, -0.15) is 0 Å². The summed E-state index contributed by atoms with van der Waals surface area (Å²) < 4.78 is 0. The number of nitrogens with zero attached hydrogens (tertiary/aromatic N) is 2. The van der Waals surface area contributed by atoms with Crippen molar-refractivity contribution in [3.05, 3.63) is 35.4 Å². The van der Waals surface area contributed by atoms with Crippen molar-refractivity contribution >= 4 is 11.8 Å². The Morgan fingerprint density at radius 3 is 2.46 bits per heavy atom. The van der Waals surface area contributed by atoms with Crippen LogP contribution in [0.15, 0.2) is 24.3 Å². The quantitative estimate of drug-likeness (QED) is 0.817. The third kappa shape index (κ3) is 5.09. The molecule has 0 N–H and O–H groups in total. The molecule has 0 unspecified atom stereocenters. The zero-order chi connectivity index (χ0) is 18.4. The molecule has 1 aliphatic carbocycles. The van der Waals surface area contributed by atoms with E-state index in [4.69, 9.17) is 0 Å². The third-order valence-corrected chi connectivity index (χ3v) is 5.89. The van der Waals surface area contributed by atoms with E-state index in [0.29, 0.717) is 19.5 Å². The summed E-state index contributed by atoms with van der Waals surface area (Å²) in [4.78, 5) is 29.2. The SMILES string of the molecule is Cc1cccc(C(=O)N2CCCN(C(=O)CCC3CCCCC3)CC2)c1. The van der Waals surface area contributed by atoms with Crippen LogP contribution in [0.4, 0.5) is 0 Å². The molecule has 2 amide bonds. The molecule has 2 fully saturated rings. The second-order valence-corrected chi connectivity index (χ2v) is 7.94. The fourth-order valence-corrected chi connectivity index (χ4v) is 4.29. The van der Waals surface area contributed by atoms with Crippen LogP contribution in [0.25, 0.3) is 0 Å². The van der Waals surface area contributed by atoms with Gasteiger partial charge in [0.05, 0.1) is 0 Å². The van der Waals surface area contributed by atoms with Gasteiger partial charge in [0.15, 0.2) is 0 Å². The summed E-state index contributed by atoms with van der Waals surface area (Å²) in [5, 5.41) is 0. The van der Waals surface area contributed by atoms with Gasteiger partial charge in [-0.1, -0.05) is 49.8 Å². The molecule has 0 bridgehead atoms. The molecule has 1 aromatic carbocycles. The fourth-order valence-electron chi connectivity index (χ4n) is 4.29. The summed E-state index contributed by atoms with van der Waals surface area (Å²) in [6.07, 6.45) is 9.21. The molecule has 1 aliphatic heterocycles. The molecule has 0 spiro atoms. The highest BCUT2D eigenvalue weighted by atomic mass is 16.2. The minimum Gasteiger partial charge on any atom is -0.341 e. The Hall–Kier alpha value is -1.84. The van der Waals surface area contributed by atoms with Gasteiger partial charge in [0.25, 0.3) is 5.91 Å². The monoisotopic (exact) mass is 356 g/mol. The van der Waals surface area contributed by atoms with E-state index in [-0.39, 0.29) is 11.8 Å². The van der Waals surface area contributed by atoms with E-state index in [2.05, 4.69) is 0 Å². The predicted molar refractivity (Wildman–Crippen MR) is 104 cm³/mol. The maximum Gasteiger partial charge on any atom is 0.253 e. The van der Waals surface area contributed by atoms with Gasteiger partial charge >= 0.3 is 0 Å². The van der Waals surface area contributed by atoms with E-state index in [1.165, 1.54) is 32.1 Å². The number of hydrogen-bond acceptors (Lipinski definition) is 2. The van der Waals surface area contributed by atoms with Crippen LogP contribution >= 0.6 is 0 Å². The number of rotatable bonds is 4. The smallest absolute Gasteiger partial charge is 0.253 e. The van der Waals surface area contributed by atoms with Crippen molar-refractivity contribution in [2.75, 3.05) is 26.2 Å². The molecule has 26 heavy (non-hydrogen) atoms. The lowest BCUT2D eigenvalue weighted by Gasteiger charge is -2.24. The molecule has 1 aromatic rings. The maximum atomic E-state index is 12.7. The van der Waals surface area contributed by atoms with Crippen molar-refractivity contribution in [1.82, 2.24) is 9.80 Å². The minimum atomic E-state index is 0.0882. The fraction of sp³-hybridized carbons (Fsp3) is 0.636. The number of benzene rings is 1. The average Bonchev–Trinajstić information content (AvgIpc) is 2.92. The Kier molecular flexibility index (Phi) is 6.70. The first kappa shape index (κ1) is 18.9. The summed E-state index contributed by atoms with van der Waals surface area (Å²) in [5.41, 5.74) is 1.85. The molecule has 0 atom stereocenters. The Labute approximate surface area is 157 Å². The second kappa shape index (κ2) is 9.20. The normalized spacial score (nSPS) is 19.3. The summed E-state index contributed by atoms with van der Waals surface area (Å²) in [7, 11) is 0. The number of amides is 2. The lowest BCUT2D eigenvalue weighted by atomic mass is 9.86. The van der Waals surface area contributed by atoms with Crippen LogP contribution in [0.1, 0.15) is 67.3 Å². The number of carbonyl (C=O) groups is 2. The first-order valence-corrected chi connectivity index (χ1v) is 10.3. The Balaban J connectivity index is 1.49. The van der Waals surface area contributed by atoms with Gasteiger partial charge in [0.2, 0.25) is 5.91 Å². The van der Waals surface area contributed by atoms with E-state index >= 15 is 0 Å².